The summed E-state index contributed by atoms with van der Waals surface area (Å²) in [5.41, 5.74) is 1.08. The highest BCUT2D eigenvalue weighted by Gasteiger charge is 2.45. The predicted octanol–water partition coefficient (Wildman–Crippen LogP) is 2.97. The fourth-order valence-electron chi connectivity index (χ4n) is 3.08. The molecule has 1 N–H and O–H groups in total. The van der Waals surface area contributed by atoms with Crippen LogP contribution in [0.3, 0.4) is 0 Å². The van der Waals surface area contributed by atoms with Gasteiger partial charge in [-0.2, -0.15) is 0 Å². The maximum atomic E-state index is 12.5. The molecule has 1 aliphatic rings. The summed E-state index contributed by atoms with van der Waals surface area (Å²) in [6.07, 6.45) is 2.94. The molecule has 1 fully saturated rings. The number of carbonyl (C=O) groups excluding carboxylic acids is 1. The quantitative estimate of drug-likeness (QED) is 0.906. The molecule has 114 valence electrons. The summed E-state index contributed by atoms with van der Waals surface area (Å²) in [5.74, 6) is -0.835. The van der Waals surface area contributed by atoms with Crippen molar-refractivity contribution in [2.24, 2.45) is 5.41 Å². The van der Waals surface area contributed by atoms with Gasteiger partial charge in [-0.25, -0.2) is 0 Å². The second kappa shape index (κ2) is 6.29. The van der Waals surface area contributed by atoms with Crippen LogP contribution in [0.2, 0.25) is 0 Å². The van der Waals surface area contributed by atoms with Crippen molar-refractivity contribution in [1.29, 1.82) is 0 Å². The van der Waals surface area contributed by atoms with Crippen molar-refractivity contribution in [3.8, 4) is 0 Å². The summed E-state index contributed by atoms with van der Waals surface area (Å²) < 4.78 is 0. The molecule has 1 saturated heterocycles. The number of aliphatic carboxylic acids is 1. The molecule has 1 aliphatic heterocycles. The number of carboxylic acid groups (broad SMARTS) is 1. The van der Waals surface area contributed by atoms with Gasteiger partial charge in [-0.15, -0.1) is 0 Å². The summed E-state index contributed by atoms with van der Waals surface area (Å²) in [7, 11) is 0. The number of aryl methyl sites for hydroxylation is 1. The molecule has 0 aliphatic carbocycles. The summed E-state index contributed by atoms with van der Waals surface area (Å²) in [5, 5.41) is 9.50. The van der Waals surface area contributed by atoms with Crippen molar-refractivity contribution in [2.75, 3.05) is 13.1 Å². The first-order valence-corrected chi connectivity index (χ1v) is 7.64. The maximum Gasteiger partial charge on any atom is 0.311 e. The van der Waals surface area contributed by atoms with Crippen LogP contribution in [0.1, 0.15) is 49.0 Å². The Labute approximate surface area is 125 Å². The standard InChI is InChI=1S/C17H23NO3/c1-3-9-17(16(20)21)10-11-18(12-17)15(19)14-7-5-13(4-2)6-8-14/h5-8H,3-4,9-12H2,1-2H3,(H,20,21). The van der Waals surface area contributed by atoms with Crippen molar-refractivity contribution in [3.05, 3.63) is 35.4 Å². The zero-order chi connectivity index (χ0) is 15.5. The molecule has 21 heavy (non-hydrogen) atoms. The van der Waals surface area contributed by atoms with Crippen molar-refractivity contribution in [1.82, 2.24) is 4.90 Å². The lowest BCUT2D eigenvalue weighted by Crippen LogP contribution is -2.36. The number of hydrogen-bond acceptors (Lipinski definition) is 2. The Morgan fingerprint density at radius 1 is 1.24 bits per heavy atom. The third-order valence-electron chi connectivity index (χ3n) is 4.43. The monoisotopic (exact) mass is 289 g/mol. The van der Waals surface area contributed by atoms with E-state index in [-0.39, 0.29) is 5.91 Å². The van der Waals surface area contributed by atoms with E-state index in [1.54, 1.807) is 4.90 Å². The van der Waals surface area contributed by atoms with Gasteiger partial charge in [0.2, 0.25) is 0 Å². The molecule has 1 unspecified atom stereocenters. The molecule has 1 amide bonds. The van der Waals surface area contributed by atoms with Crippen molar-refractivity contribution in [3.63, 3.8) is 0 Å². The molecule has 4 nitrogen and oxygen atoms in total. The summed E-state index contributed by atoms with van der Waals surface area (Å²) in [6.45, 7) is 4.91. The molecule has 0 aromatic heterocycles. The molecule has 1 aromatic carbocycles. The Morgan fingerprint density at radius 2 is 1.90 bits per heavy atom. The van der Waals surface area contributed by atoms with Crippen LogP contribution in [-0.2, 0) is 11.2 Å². The minimum atomic E-state index is -0.777. The van der Waals surface area contributed by atoms with Crippen molar-refractivity contribution in [2.45, 2.75) is 39.5 Å². The number of nitrogens with zero attached hydrogens (tertiary/aromatic N) is 1. The largest absolute Gasteiger partial charge is 0.481 e. The number of rotatable bonds is 5. The first kappa shape index (κ1) is 15.5. The molecule has 2 rings (SSSR count). The van der Waals surface area contributed by atoms with E-state index in [9.17, 15) is 14.7 Å². The highest BCUT2D eigenvalue weighted by atomic mass is 16.4. The Bertz CT molecular complexity index is 523. The van der Waals surface area contributed by atoms with Crippen LogP contribution < -0.4 is 0 Å². The SMILES string of the molecule is CCCC1(C(=O)O)CCN(C(=O)c2ccc(CC)cc2)C1. The van der Waals surface area contributed by atoms with E-state index >= 15 is 0 Å². The molecular weight excluding hydrogens is 266 g/mol. The van der Waals surface area contributed by atoms with Crippen molar-refractivity contribution < 1.29 is 14.7 Å². The Kier molecular flexibility index (Phi) is 4.66. The van der Waals surface area contributed by atoms with Gasteiger partial charge < -0.3 is 10.0 Å². The normalized spacial score (nSPS) is 21.5. The van der Waals surface area contributed by atoms with E-state index < -0.39 is 11.4 Å². The van der Waals surface area contributed by atoms with Crippen molar-refractivity contribution >= 4 is 11.9 Å². The molecule has 1 heterocycles. The van der Waals surface area contributed by atoms with Crippen LogP contribution in [0.5, 0.6) is 0 Å². The van der Waals surface area contributed by atoms with Gasteiger partial charge in [-0.05, 0) is 37.0 Å². The lowest BCUT2D eigenvalue weighted by Gasteiger charge is -2.24. The smallest absolute Gasteiger partial charge is 0.311 e. The fraction of sp³-hybridized carbons (Fsp3) is 0.529. The highest BCUT2D eigenvalue weighted by molar-refractivity contribution is 5.95. The third kappa shape index (κ3) is 3.09. The van der Waals surface area contributed by atoms with Crippen LogP contribution in [-0.4, -0.2) is 35.0 Å². The molecule has 0 bridgehead atoms. The summed E-state index contributed by atoms with van der Waals surface area (Å²) >= 11 is 0. The van der Waals surface area contributed by atoms with Gasteiger partial charge in [0.15, 0.2) is 0 Å². The molecule has 0 saturated carbocycles. The lowest BCUT2D eigenvalue weighted by molar-refractivity contribution is -0.148. The molecule has 0 radical (unpaired) electrons. The van der Waals surface area contributed by atoms with E-state index in [4.69, 9.17) is 0 Å². The minimum Gasteiger partial charge on any atom is -0.481 e. The van der Waals surface area contributed by atoms with Crippen LogP contribution >= 0.6 is 0 Å². The highest BCUT2D eigenvalue weighted by Crippen LogP contribution is 2.36. The van der Waals surface area contributed by atoms with E-state index in [2.05, 4.69) is 6.92 Å². The Hall–Kier alpha value is -1.84. The van der Waals surface area contributed by atoms with Gasteiger partial charge >= 0.3 is 5.97 Å². The number of likely N-dealkylation sites (tertiary alicyclic amines) is 1. The molecule has 1 aromatic rings. The number of hydrogen-bond donors (Lipinski definition) is 1. The van der Waals surface area contributed by atoms with Gasteiger partial charge in [0.1, 0.15) is 0 Å². The second-order valence-corrected chi connectivity index (χ2v) is 5.86. The Morgan fingerprint density at radius 3 is 2.43 bits per heavy atom. The molecule has 4 heteroatoms. The first-order chi connectivity index (χ1) is 10.0. The van der Waals surface area contributed by atoms with Crippen LogP contribution in [0.4, 0.5) is 0 Å². The molecule has 0 spiro atoms. The predicted molar refractivity (Wildman–Crippen MR) is 81.3 cm³/mol. The number of benzene rings is 1. The lowest BCUT2D eigenvalue weighted by atomic mass is 9.83. The average molecular weight is 289 g/mol. The van der Waals surface area contributed by atoms with E-state index in [0.717, 1.165) is 12.8 Å². The van der Waals surface area contributed by atoms with Crippen LogP contribution in [0.25, 0.3) is 0 Å². The average Bonchev–Trinajstić information content (AvgIpc) is 2.93. The zero-order valence-electron chi connectivity index (χ0n) is 12.8. The number of carboxylic acids is 1. The minimum absolute atomic E-state index is 0.0584. The number of amides is 1. The van der Waals surface area contributed by atoms with Gasteiger partial charge in [-0.3, -0.25) is 9.59 Å². The van der Waals surface area contributed by atoms with Crippen LogP contribution in [0.15, 0.2) is 24.3 Å². The van der Waals surface area contributed by atoms with Gasteiger partial charge in [0, 0.05) is 18.7 Å². The number of carbonyl (C=O) groups is 2. The second-order valence-electron chi connectivity index (χ2n) is 5.86. The van der Waals surface area contributed by atoms with Gasteiger partial charge in [-0.1, -0.05) is 32.4 Å². The zero-order valence-corrected chi connectivity index (χ0v) is 12.8. The van der Waals surface area contributed by atoms with E-state index in [1.807, 2.05) is 31.2 Å². The molecule has 1 atom stereocenters. The van der Waals surface area contributed by atoms with Gasteiger partial charge in [0.25, 0.3) is 5.91 Å². The topological polar surface area (TPSA) is 57.6 Å². The fourth-order valence-corrected chi connectivity index (χ4v) is 3.08. The summed E-state index contributed by atoms with van der Waals surface area (Å²) in [6, 6.07) is 7.59. The van der Waals surface area contributed by atoms with E-state index in [1.165, 1.54) is 5.56 Å². The third-order valence-corrected chi connectivity index (χ3v) is 4.43. The first-order valence-electron chi connectivity index (χ1n) is 7.64. The maximum absolute atomic E-state index is 12.5. The van der Waals surface area contributed by atoms with Crippen LogP contribution in [0, 0.1) is 5.41 Å². The van der Waals surface area contributed by atoms with Gasteiger partial charge in [0.05, 0.1) is 5.41 Å². The van der Waals surface area contributed by atoms with E-state index in [0.29, 0.717) is 31.5 Å². The Balaban J connectivity index is 2.12. The summed E-state index contributed by atoms with van der Waals surface area (Å²) in [4.78, 5) is 25.7. The molecular formula is C17H23NO3.